The number of hydrogen-bond acceptors (Lipinski definition) is 5. The minimum atomic E-state index is -3.78. The van der Waals surface area contributed by atoms with E-state index < -0.39 is 14.3 Å². The van der Waals surface area contributed by atoms with Crippen LogP contribution in [0.3, 0.4) is 0 Å². The maximum absolute atomic E-state index is 12.9. The van der Waals surface area contributed by atoms with Gasteiger partial charge in [-0.25, -0.2) is 17.8 Å². The van der Waals surface area contributed by atoms with Gasteiger partial charge in [0.1, 0.15) is 11.1 Å². The first kappa shape index (κ1) is 15.4. The smallest absolute Gasteiger partial charge is 0.237 e. The monoisotopic (exact) mass is 360 g/mol. The second-order valence-corrected chi connectivity index (χ2v) is 8.57. The van der Waals surface area contributed by atoms with Gasteiger partial charge in [0, 0.05) is 34.6 Å². The fraction of sp³-hybridized carbons (Fsp3) is 0.231. The van der Waals surface area contributed by atoms with Crippen molar-refractivity contribution < 1.29 is 17.6 Å². The van der Waals surface area contributed by atoms with Crippen LogP contribution in [0.25, 0.3) is 11.3 Å². The van der Waals surface area contributed by atoms with Gasteiger partial charge in [-0.3, -0.25) is 9.69 Å². The molecule has 0 radical (unpaired) electrons. The zero-order chi connectivity index (χ0) is 15.9. The van der Waals surface area contributed by atoms with Gasteiger partial charge >= 0.3 is 0 Å². The summed E-state index contributed by atoms with van der Waals surface area (Å²) in [6.07, 6.45) is -0.142. The Balaban J connectivity index is 1.85. The van der Waals surface area contributed by atoms with Crippen molar-refractivity contribution in [3.05, 3.63) is 35.5 Å². The molecule has 9 heteroatoms. The van der Waals surface area contributed by atoms with Gasteiger partial charge in [-0.1, -0.05) is 0 Å². The fourth-order valence-corrected chi connectivity index (χ4v) is 4.08. The van der Waals surface area contributed by atoms with E-state index >= 15 is 0 Å². The minimum Gasteiger partial charge on any atom is -0.287 e. The first-order valence-corrected chi connectivity index (χ1v) is 9.55. The molecule has 0 aliphatic carbocycles. The molecule has 2 heterocycles. The molecule has 1 aliphatic heterocycles. The highest BCUT2D eigenvalue weighted by molar-refractivity contribution is 8.14. The lowest BCUT2D eigenvalue weighted by Gasteiger charge is -2.11. The maximum Gasteiger partial charge on any atom is 0.237 e. The lowest BCUT2D eigenvalue weighted by atomic mass is 10.2. The number of aromatic nitrogens is 1. The van der Waals surface area contributed by atoms with E-state index in [0.29, 0.717) is 10.8 Å². The van der Waals surface area contributed by atoms with E-state index in [1.54, 1.807) is 17.5 Å². The quantitative estimate of drug-likeness (QED) is 0.789. The number of amides is 1. The molecule has 116 valence electrons. The van der Waals surface area contributed by atoms with Crippen molar-refractivity contribution in [2.24, 2.45) is 0 Å². The summed E-state index contributed by atoms with van der Waals surface area (Å²) in [5.74, 6) is -0.668. The normalized spacial score (nSPS) is 18.9. The summed E-state index contributed by atoms with van der Waals surface area (Å²) in [5.41, 5.74) is 1.32. The molecule has 1 aromatic heterocycles. The van der Waals surface area contributed by atoms with Crippen LogP contribution in [0, 0.1) is 5.82 Å². The molecular weight excluding hydrogens is 351 g/mol. The lowest BCUT2D eigenvalue weighted by molar-refractivity contribution is -0.117. The average molecular weight is 361 g/mol. The zero-order valence-electron chi connectivity index (χ0n) is 11.1. The molecule has 1 amide bonds. The van der Waals surface area contributed by atoms with Crippen LogP contribution < -0.4 is 4.90 Å². The summed E-state index contributed by atoms with van der Waals surface area (Å²) in [7, 11) is 1.53. The van der Waals surface area contributed by atoms with Gasteiger partial charge in [-0.15, -0.1) is 11.3 Å². The van der Waals surface area contributed by atoms with Crippen LogP contribution in [0.1, 0.15) is 6.42 Å². The summed E-state index contributed by atoms with van der Waals surface area (Å²) >= 11 is 1.22. The molecule has 1 fully saturated rings. The Bertz CT molecular complexity index is 820. The molecule has 1 saturated heterocycles. The van der Waals surface area contributed by atoms with Crippen LogP contribution >= 0.6 is 22.0 Å². The van der Waals surface area contributed by atoms with E-state index in [-0.39, 0.29) is 24.7 Å². The Kier molecular flexibility index (Phi) is 3.92. The Hall–Kier alpha value is -1.51. The molecule has 1 unspecified atom stereocenters. The second kappa shape index (κ2) is 5.60. The van der Waals surface area contributed by atoms with E-state index in [2.05, 4.69) is 4.98 Å². The topological polar surface area (TPSA) is 67.3 Å². The summed E-state index contributed by atoms with van der Waals surface area (Å²) in [4.78, 5) is 17.6. The highest BCUT2D eigenvalue weighted by atomic mass is 35.7. The molecule has 1 aliphatic rings. The van der Waals surface area contributed by atoms with Gasteiger partial charge in [0.05, 0.1) is 5.69 Å². The maximum atomic E-state index is 12.9. The number of carbonyl (C=O) groups excluding carboxylic acids is 1. The SMILES string of the molecule is O=C1CC(S(=O)(=O)Cl)CN1c1nc(-c2ccc(F)cc2)cs1. The van der Waals surface area contributed by atoms with Crippen LogP contribution in [0.2, 0.25) is 0 Å². The molecule has 1 atom stereocenters. The van der Waals surface area contributed by atoms with Crippen LogP contribution in [-0.4, -0.2) is 31.1 Å². The van der Waals surface area contributed by atoms with E-state index in [0.717, 1.165) is 5.56 Å². The number of anilines is 1. The van der Waals surface area contributed by atoms with Crippen molar-refractivity contribution in [1.82, 2.24) is 4.98 Å². The largest absolute Gasteiger partial charge is 0.287 e. The van der Waals surface area contributed by atoms with Crippen LogP contribution in [-0.2, 0) is 13.8 Å². The highest BCUT2D eigenvalue weighted by Gasteiger charge is 2.39. The molecular formula is C13H10ClFN2O3S2. The third-order valence-electron chi connectivity index (χ3n) is 3.35. The van der Waals surface area contributed by atoms with E-state index in [9.17, 15) is 17.6 Å². The van der Waals surface area contributed by atoms with Crippen molar-refractivity contribution in [1.29, 1.82) is 0 Å². The molecule has 2 aromatic rings. The lowest BCUT2D eigenvalue weighted by Crippen LogP contribution is -2.26. The fourth-order valence-electron chi connectivity index (χ4n) is 2.19. The molecule has 0 saturated carbocycles. The van der Waals surface area contributed by atoms with Crippen molar-refractivity contribution >= 4 is 42.1 Å². The van der Waals surface area contributed by atoms with Crippen molar-refractivity contribution in [3.63, 3.8) is 0 Å². The molecule has 5 nitrogen and oxygen atoms in total. The Morgan fingerprint density at radius 1 is 1.32 bits per heavy atom. The van der Waals surface area contributed by atoms with E-state index in [4.69, 9.17) is 10.7 Å². The summed E-state index contributed by atoms with van der Waals surface area (Å²) in [6, 6.07) is 5.83. The number of rotatable bonds is 3. The number of nitrogens with zero attached hydrogens (tertiary/aromatic N) is 2. The predicted octanol–water partition coefficient (Wildman–Crippen LogP) is 2.62. The number of hydrogen-bond donors (Lipinski definition) is 0. The summed E-state index contributed by atoms with van der Waals surface area (Å²) in [5, 5.41) is 1.23. The first-order chi connectivity index (χ1) is 10.3. The summed E-state index contributed by atoms with van der Waals surface area (Å²) in [6.45, 7) is 0.00103. The molecule has 0 spiro atoms. The predicted molar refractivity (Wildman–Crippen MR) is 83.0 cm³/mol. The molecule has 0 N–H and O–H groups in total. The van der Waals surface area contributed by atoms with Gasteiger partial charge in [-0.2, -0.15) is 0 Å². The first-order valence-electron chi connectivity index (χ1n) is 6.30. The van der Waals surface area contributed by atoms with Crippen LogP contribution in [0.15, 0.2) is 29.6 Å². The number of carbonyl (C=O) groups is 1. The van der Waals surface area contributed by atoms with Gasteiger partial charge in [0.2, 0.25) is 15.0 Å². The molecule has 22 heavy (non-hydrogen) atoms. The number of halogens is 2. The number of thiazole rings is 1. The van der Waals surface area contributed by atoms with Gasteiger partial charge in [0.15, 0.2) is 5.13 Å². The Morgan fingerprint density at radius 3 is 2.59 bits per heavy atom. The van der Waals surface area contributed by atoms with Crippen molar-refractivity contribution in [2.45, 2.75) is 11.7 Å². The van der Waals surface area contributed by atoms with E-state index in [1.807, 2.05) is 0 Å². The van der Waals surface area contributed by atoms with Gasteiger partial charge in [-0.05, 0) is 24.3 Å². The molecule has 3 rings (SSSR count). The van der Waals surface area contributed by atoms with Crippen molar-refractivity contribution in [2.75, 3.05) is 11.4 Å². The van der Waals surface area contributed by atoms with Crippen LogP contribution in [0.4, 0.5) is 9.52 Å². The minimum absolute atomic E-state index is 0.00103. The standard InChI is InChI=1S/C13H10ClFN2O3S2/c14-22(19,20)10-5-12(18)17(6-10)13-16-11(7-21-13)8-1-3-9(15)4-2-8/h1-4,7,10H,5-6H2. The van der Waals surface area contributed by atoms with Gasteiger partial charge in [0.25, 0.3) is 0 Å². The van der Waals surface area contributed by atoms with E-state index in [1.165, 1.54) is 28.4 Å². The number of benzene rings is 1. The zero-order valence-corrected chi connectivity index (χ0v) is 13.5. The third-order valence-corrected chi connectivity index (χ3v) is 6.08. The van der Waals surface area contributed by atoms with Gasteiger partial charge < -0.3 is 0 Å². The van der Waals surface area contributed by atoms with Crippen molar-refractivity contribution in [3.8, 4) is 11.3 Å². The highest BCUT2D eigenvalue weighted by Crippen LogP contribution is 2.32. The summed E-state index contributed by atoms with van der Waals surface area (Å²) < 4.78 is 35.6. The molecule has 0 bridgehead atoms. The Labute approximate surface area is 134 Å². The Morgan fingerprint density at radius 2 is 2.00 bits per heavy atom. The average Bonchev–Trinajstić information content (AvgIpc) is 3.05. The van der Waals surface area contributed by atoms with Crippen LogP contribution in [0.5, 0.6) is 0 Å². The third kappa shape index (κ3) is 2.99. The second-order valence-electron chi connectivity index (χ2n) is 4.83. The molecule has 1 aromatic carbocycles.